The molecule has 2 heterocycles. The first-order valence-electron chi connectivity index (χ1n) is 4.98. The third kappa shape index (κ3) is 1.60. The van der Waals surface area contributed by atoms with Crippen LogP contribution in [0.2, 0.25) is 5.15 Å². The van der Waals surface area contributed by atoms with E-state index >= 15 is 0 Å². The molecule has 0 spiro atoms. The van der Waals surface area contributed by atoms with Crippen LogP contribution in [0, 0.1) is 0 Å². The van der Waals surface area contributed by atoms with Crippen LogP contribution < -0.4 is 5.73 Å². The van der Waals surface area contributed by atoms with E-state index in [9.17, 15) is 0 Å². The number of hydrogen-bond donors (Lipinski definition) is 1. The van der Waals surface area contributed by atoms with Crippen molar-refractivity contribution in [3.8, 4) is 5.82 Å². The molecule has 0 saturated carbocycles. The summed E-state index contributed by atoms with van der Waals surface area (Å²) in [4.78, 5) is 4.17. The maximum absolute atomic E-state index is 5.86. The first-order valence-corrected chi connectivity index (χ1v) is 5.36. The number of para-hydroxylation sites is 1. The second-order valence-electron chi connectivity index (χ2n) is 3.54. The van der Waals surface area contributed by atoms with Gasteiger partial charge in [0, 0.05) is 0 Å². The van der Waals surface area contributed by atoms with Crippen LogP contribution in [-0.2, 0) is 0 Å². The van der Waals surface area contributed by atoms with Crippen LogP contribution in [0.3, 0.4) is 0 Å². The largest absolute Gasteiger partial charge is 0.396 e. The van der Waals surface area contributed by atoms with Crippen molar-refractivity contribution < 1.29 is 0 Å². The van der Waals surface area contributed by atoms with Gasteiger partial charge in [-0.3, -0.25) is 0 Å². The molecule has 0 bridgehead atoms. The number of aromatic nitrogens is 4. The zero-order chi connectivity index (χ0) is 11.8. The van der Waals surface area contributed by atoms with Gasteiger partial charge in [-0.2, -0.15) is 4.68 Å². The van der Waals surface area contributed by atoms with Crippen LogP contribution in [-0.4, -0.2) is 20.0 Å². The van der Waals surface area contributed by atoms with Gasteiger partial charge in [0.25, 0.3) is 0 Å². The Morgan fingerprint density at radius 1 is 1.12 bits per heavy atom. The highest BCUT2D eigenvalue weighted by molar-refractivity contribution is 6.29. The standard InChI is InChI=1S/C11H8ClN5/c12-10-6-5-7(13)11(14-10)17-9-4-2-1-3-8(9)15-16-17/h1-6H,13H2. The molecule has 17 heavy (non-hydrogen) atoms. The van der Waals surface area contributed by atoms with Crippen LogP contribution >= 0.6 is 11.6 Å². The van der Waals surface area contributed by atoms with Crippen molar-refractivity contribution in [2.75, 3.05) is 5.73 Å². The predicted molar refractivity (Wildman–Crippen MR) is 66.1 cm³/mol. The molecule has 0 aliphatic heterocycles. The Morgan fingerprint density at radius 2 is 1.94 bits per heavy atom. The topological polar surface area (TPSA) is 69.6 Å². The first-order chi connectivity index (χ1) is 8.25. The van der Waals surface area contributed by atoms with Crippen molar-refractivity contribution in [1.29, 1.82) is 0 Å². The van der Waals surface area contributed by atoms with Crippen molar-refractivity contribution >= 4 is 28.3 Å². The van der Waals surface area contributed by atoms with E-state index in [1.807, 2.05) is 24.3 Å². The van der Waals surface area contributed by atoms with Gasteiger partial charge >= 0.3 is 0 Å². The Morgan fingerprint density at radius 3 is 2.82 bits per heavy atom. The van der Waals surface area contributed by atoms with Crippen molar-refractivity contribution in [1.82, 2.24) is 20.0 Å². The van der Waals surface area contributed by atoms with E-state index in [0.29, 0.717) is 16.7 Å². The quantitative estimate of drug-likeness (QED) is 0.666. The summed E-state index contributed by atoms with van der Waals surface area (Å²) >= 11 is 5.86. The molecule has 5 nitrogen and oxygen atoms in total. The second kappa shape index (κ2) is 3.71. The lowest BCUT2D eigenvalue weighted by molar-refractivity contribution is 0.804. The zero-order valence-electron chi connectivity index (χ0n) is 8.71. The Balaban J connectivity index is 2.31. The van der Waals surface area contributed by atoms with Crippen molar-refractivity contribution in [3.63, 3.8) is 0 Å². The number of nitrogen functional groups attached to an aromatic ring is 1. The van der Waals surface area contributed by atoms with Crippen LogP contribution in [0.5, 0.6) is 0 Å². The molecule has 6 heteroatoms. The smallest absolute Gasteiger partial charge is 0.180 e. The zero-order valence-corrected chi connectivity index (χ0v) is 9.46. The fourth-order valence-electron chi connectivity index (χ4n) is 1.63. The highest BCUT2D eigenvalue weighted by Gasteiger charge is 2.10. The molecule has 0 saturated heterocycles. The van der Waals surface area contributed by atoms with Gasteiger partial charge in [0.15, 0.2) is 5.82 Å². The number of benzene rings is 1. The number of hydrogen-bond acceptors (Lipinski definition) is 4. The van der Waals surface area contributed by atoms with E-state index in [1.54, 1.807) is 16.8 Å². The third-order valence-electron chi connectivity index (χ3n) is 2.42. The van der Waals surface area contributed by atoms with Gasteiger partial charge in [-0.25, -0.2) is 4.98 Å². The summed E-state index contributed by atoms with van der Waals surface area (Å²) in [6, 6.07) is 10.9. The Bertz CT molecular complexity index is 691. The molecule has 0 fully saturated rings. The molecule has 0 atom stereocenters. The highest BCUT2D eigenvalue weighted by atomic mass is 35.5. The molecule has 1 aromatic carbocycles. The van der Waals surface area contributed by atoms with Crippen LogP contribution in [0.15, 0.2) is 36.4 Å². The first kappa shape index (κ1) is 10.0. The van der Waals surface area contributed by atoms with Crippen molar-refractivity contribution in [3.05, 3.63) is 41.6 Å². The van der Waals surface area contributed by atoms with Gasteiger partial charge in [0.1, 0.15) is 10.7 Å². The van der Waals surface area contributed by atoms with E-state index in [-0.39, 0.29) is 0 Å². The minimum absolute atomic E-state index is 0.369. The molecule has 2 aromatic heterocycles. The van der Waals surface area contributed by atoms with E-state index in [4.69, 9.17) is 17.3 Å². The predicted octanol–water partition coefficient (Wildman–Crippen LogP) is 2.05. The fraction of sp³-hybridized carbons (Fsp3) is 0. The Labute approximate surface area is 102 Å². The van der Waals surface area contributed by atoms with E-state index in [1.165, 1.54) is 0 Å². The minimum atomic E-state index is 0.369. The maximum Gasteiger partial charge on any atom is 0.180 e. The number of halogens is 1. The normalized spacial score (nSPS) is 10.9. The molecular formula is C11H8ClN5. The summed E-state index contributed by atoms with van der Waals surface area (Å²) in [6.07, 6.45) is 0. The summed E-state index contributed by atoms with van der Waals surface area (Å²) in [6.45, 7) is 0. The molecule has 0 unspecified atom stereocenters. The summed E-state index contributed by atoms with van der Waals surface area (Å²) in [5.41, 5.74) is 7.99. The van der Waals surface area contributed by atoms with Gasteiger partial charge in [-0.05, 0) is 24.3 Å². The number of fused-ring (bicyclic) bond motifs is 1. The lowest BCUT2D eigenvalue weighted by Gasteiger charge is -2.04. The van der Waals surface area contributed by atoms with Gasteiger partial charge < -0.3 is 5.73 Å². The van der Waals surface area contributed by atoms with Gasteiger partial charge in [0.2, 0.25) is 0 Å². The monoisotopic (exact) mass is 245 g/mol. The summed E-state index contributed by atoms with van der Waals surface area (Å²) < 4.78 is 1.58. The van der Waals surface area contributed by atoms with Gasteiger partial charge in [0.05, 0.1) is 11.2 Å². The van der Waals surface area contributed by atoms with Crippen LogP contribution in [0.1, 0.15) is 0 Å². The highest BCUT2D eigenvalue weighted by Crippen LogP contribution is 2.20. The summed E-state index contributed by atoms with van der Waals surface area (Å²) in [7, 11) is 0. The fourth-order valence-corrected chi connectivity index (χ4v) is 1.77. The summed E-state index contributed by atoms with van der Waals surface area (Å²) in [5, 5.41) is 8.44. The molecule has 0 aliphatic carbocycles. The Kier molecular flexibility index (Phi) is 2.19. The summed E-state index contributed by atoms with van der Waals surface area (Å²) in [5.74, 6) is 0.492. The number of pyridine rings is 1. The van der Waals surface area contributed by atoms with Gasteiger partial charge in [-0.1, -0.05) is 28.9 Å². The third-order valence-corrected chi connectivity index (χ3v) is 2.63. The molecule has 3 rings (SSSR count). The molecular weight excluding hydrogens is 238 g/mol. The number of nitrogens with two attached hydrogens (primary N) is 1. The molecule has 0 aliphatic rings. The van der Waals surface area contributed by atoms with Crippen molar-refractivity contribution in [2.24, 2.45) is 0 Å². The SMILES string of the molecule is Nc1ccc(Cl)nc1-n1nnc2ccccc21. The second-order valence-corrected chi connectivity index (χ2v) is 3.92. The molecule has 0 radical (unpaired) electrons. The van der Waals surface area contributed by atoms with E-state index in [2.05, 4.69) is 15.3 Å². The number of nitrogens with zero attached hydrogens (tertiary/aromatic N) is 4. The van der Waals surface area contributed by atoms with Crippen molar-refractivity contribution in [2.45, 2.75) is 0 Å². The average molecular weight is 246 g/mol. The number of rotatable bonds is 1. The molecule has 84 valence electrons. The lowest BCUT2D eigenvalue weighted by atomic mass is 10.3. The molecule has 3 aromatic rings. The van der Waals surface area contributed by atoms with Crippen LogP contribution in [0.4, 0.5) is 5.69 Å². The Hall–Kier alpha value is -2.14. The minimum Gasteiger partial charge on any atom is -0.396 e. The molecule has 0 amide bonds. The van der Waals surface area contributed by atoms with E-state index < -0.39 is 0 Å². The van der Waals surface area contributed by atoms with Crippen LogP contribution in [0.25, 0.3) is 16.9 Å². The van der Waals surface area contributed by atoms with Gasteiger partial charge in [-0.15, -0.1) is 5.10 Å². The average Bonchev–Trinajstić information content (AvgIpc) is 2.76. The lowest BCUT2D eigenvalue weighted by Crippen LogP contribution is -2.04. The maximum atomic E-state index is 5.86. The van der Waals surface area contributed by atoms with E-state index in [0.717, 1.165) is 11.0 Å². The molecule has 2 N–H and O–H groups in total. The number of anilines is 1.